The smallest absolute Gasteiger partial charge is 0.236 e. The molecule has 0 unspecified atom stereocenters. The lowest BCUT2D eigenvalue weighted by molar-refractivity contribution is -0.129. The maximum atomic E-state index is 11.3. The van der Waals surface area contributed by atoms with E-state index in [-0.39, 0.29) is 5.91 Å². The molecule has 0 fully saturated rings. The minimum absolute atomic E-state index is 0.159. The van der Waals surface area contributed by atoms with Gasteiger partial charge in [0.15, 0.2) is 0 Å². The number of likely N-dealkylation sites (N-methyl/N-ethyl adjacent to an activating group) is 2. The first-order chi connectivity index (χ1) is 5.87. The van der Waals surface area contributed by atoms with E-state index in [1.807, 2.05) is 7.05 Å². The molecule has 13 heavy (non-hydrogen) atoms. The molecule has 78 valence electrons. The van der Waals surface area contributed by atoms with Crippen molar-refractivity contribution in [1.82, 2.24) is 10.2 Å². The summed E-state index contributed by atoms with van der Waals surface area (Å²) in [4.78, 5) is 13.1. The Kier molecular flexibility index (Phi) is 4.99. The lowest BCUT2D eigenvalue weighted by atomic mass is 9.92. The van der Waals surface area contributed by atoms with E-state index in [0.29, 0.717) is 12.0 Å². The predicted molar refractivity (Wildman–Crippen MR) is 55.6 cm³/mol. The zero-order valence-corrected chi connectivity index (χ0v) is 9.48. The van der Waals surface area contributed by atoms with Gasteiger partial charge in [0.25, 0.3) is 0 Å². The highest BCUT2D eigenvalue weighted by atomic mass is 16.2. The first-order valence-corrected chi connectivity index (χ1v) is 4.75. The molecule has 0 bridgehead atoms. The molecule has 0 spiro atoms. The van der Waals surface area contributed by atoms with Gasteiger partial charge in [-0.1, -0.05) is 20.8 Å². The van der Waals surface area contributed by atoms with Crippen LogP contribution in [-0.4, -0.2) is 38.0 Å². The summed E-state index contributed by atoms with van der Waals surface area (Å²) in [6.07, 6.45) is 1.04. The van der Waals surface area contributed by atoms with E-state index in [0.717, 1.165) is 13.0 Å². The van der Waals surface area contributed by atoms with Gasteiger partial charge < -0.3 is 10.2 Å². The van der Waals surface area contributed by atoms with Crippen molar-refractivity contribution in [1.29, 1.82) is 0 Å². The Bertz CT molecular complexity index is 161. The number of hydrogen-bond donors (Lipinski definition) is 1. The number of amides is 1. The highest BCUT2D eigenvalue weighted by molar-refractivity contribution is 5.77. The highest BCUT2D eigenvalue weighted by Gasteiger charge is 2.13. The van der Waals surface area contributed by atoms with Crippen molar-refractivity contribution >= 4 is 5.91 Å². The molecule has 0 rings (SSSR count). The lowest BCUT2D eigenvalue weighted by Gasteiger charge is -2.23. The fraction of sp³-hybridized carbons (Fsp3) is 0.900. The lowest BCUT2D eigenvalue weighted by Crippen LogP contribution is -2.35. The van der Waals surface area contributed by atoms with E-state index in [9.17, 15) is 4.79 Å². The summed E-state index contributed by atoms with van der Waals surface area (Å²) in [7, 11) is 3.64. The average Bonchev–Trinajstić information content (AvgIpc) is 1.99. The minimum Gasteiger partial charge on any atom is -0.345 e. The van der Waals surface area contributed by atoms with Crippen LogP contribution in [-0.2, 0) is 4.79 Å². The molecule has 0 heterocycles. The summed E-state index contributed by atoms with van der Waals surface area (Å²) in [5.74, 6) is 0.159. The van der Waals surface area contributed by atoms with Crippen LogP contribution in [0.2, 0.25) is 0 Å². The molecule has 0 aliphatic carbocycles. The molecule has 1 amide bonds. The molecule has 0 radical (unpaired) electrons. The van der Waals surface area contributed by atoms with Crippen LogP contribution in [0.1, 0.15) is 27.2 Å². The van der Waals surface area contributed by atoms with Crippen LogP contribution in [0.4, 0.5) is 0 Å². The summed E-state index contributed by atoms with van der Waals surface area (Å²) < 4.78 is 0. The standard InChI is InChI=1S/C10H22N2O/c1-10(2,3)6-7-12(5)9(13)8-11-4/h11H,6-8H2,1-5H3. The maximum Gasteiger partial charge on any atom is 0.236 e. The average molecular weight is 186 g/mol. The first-order valence-electron chi connectivity index (χ1n) is 4.75. The summed E-state index contributed by atoms with van der Waals surface area (Å²) >= 11 is 0. The van der Waals surface area contributed by atoms with Crippen LogP contribution >= 0.6 is 0 Å². The van der Waals surface area contributed by atoms with E-state index < -0.39 is 0 Å². The number of carbonyl (C=O) groups is 1. The Morgan fingerprint density at radius 1 is 1.38 bits per heavy atom. The second kappa shape index (κ2) is 5.22. The third-order valence-electron chi connectivity index (χ3n) is 1.95. The van der Waals surface area contributed by atoms with Crippen LogP contribution in [0.25, 0.3) is 0 Å². The van der Waals surface area contributed by atoms with Gasteiger partial charge >= 0.3 is 0 Å². The molecule has 0 aliphatic heterocycles. The fourth-order valence-electron chi connectivity index (χ4n) is 0.914. The van der Waals surface area contributed by atoms with Crippen LogP contribution in [0.3, 0.4) is 0 Å². The number of carbonyl (C=O) groups excluding carboxylic acids is 1. The molecular formula is C10H22N2O. The Morgan fingerprint density at radius 2 is 1.92 bits per heavy atom. The van der Waals surface area contributed by atoms with Crippen molar-refractivity contribution in [2.24, 2.45) is 5.41 Å². The molecule has 0 aromatic carbocycles. The van der Waals surface area contributed by atoms with Gasteiger partial charge in [0, 0.05) is 13.6 Å². The molecule has 3 nitrogen and oxygen atoms in total. The number of hydrogen-bond acceptors (Lipinski definition) is 2. The fourth-order valence-corrected chi connectivity index (χ4v) is 0.914. The third kappa shape index (κ3) is 6.58. The monoisotopic (exact) mass is 186 g/mol. The Morgan fingerprint density at radius 3 is 2.31 bits per heavy atom. The molecular weight excluding hydrogens is 164 g/mol. The van der Waals surface area contributed by atoms with Gasteiger partial charge in [-0.3, -0.25) is 4.79 Å². The van der Waals surface area contributed by atoms with Crippen LogP contribution in [0.5, 0.6) is 0 Å². The quantitative estimate of drug-likeness (QED) is 0.713. The molecule has 0 saturated carbocycles. The molecule has 0 aromatic rings. The summed E-state index contributed by atoms with van der Waals surface area (Å²) in [6.45, 7) is 7.82. The van der Waals surface area contributed by atoms with E-state index in [1.54, 1.807) is 11.9 Å². The first kappa shape index (κ1) is 12.4. The third-order valence-corrected chi connectivity index (χ3v) is 1.95. The SMILES string of the molecule is CNCC(=O)N(C)CCC(C)(C)C. The summed E-state index contributed by atoms with van der Waals surface area (Å²) in [6, 6.07) is 0. The van der Waals surface area contributed by atoms with E-state index in [1.165, 1.54) is 0 Å². The van der Waals surface area contributed by atoms with Crippen molar-refractivity contribution in [3.63, 3.8) is 0 Å². The van der Waals surface area contributed by atoms with Crippen LogP contribution < -0.4 is 5.32 Å². The van der Waals surface area contributed by atoms with Gasteiger partial charge in [-0.15, -0.1) is 0 Å². The van der Waals surface area contributed by atoms with Gasteiger partial charge in [0.2, 0.25) is 5.91 Å². The number of nitrogens with one attached hydrogen (secondary N) is 1. The highest BCUT2D eigenvalue weighted by Crippen LogP contribution is 2.18. The Hall–Kier alpha value is -0.570. The van der Waals surface area contributed by atoms with Gasteiger partial charge in [-0.25, -0.2) is 0 Å². The van der Waals surface area contributed by atoms with Crippen molar-refractivity contribution in [3.8, 4) is 0 Å². The largest absolute Gasteiger partial charge is 0.345 e. The molecule has 0 atom stereocenters. The topological polar surface area (TPSA) is 32.3 Å². The molecule has 0 saturated heterocycles. The van der Waals surface area contributed by atoms with Gasteiger partial charge in [-0.2, -0.15) is 0 Å². The second-order valence-corrected chi connectivity index (χ2v) is 4.66. The number of nitrogens with zero attached hydrogens (tertiary/aromatic N) is 1. The minimum atomic E-state index is 0.159. The van der Waals surface area contributed by atoms with Crippen molar-refractivity contribution in [2.75, 3.05) is 27.2 Å². The Balaban J connectivity index is 3.74. The van der Waals surface area contributed by atoms with Crippen LogP contribution in [0.15, 0.2) is 0 Å². The van der Waals surface area contributed by atoms with E-state index >= 15 is 0 Å². The summed E-state index contributed by atoms with van der Waals surface area (Å²) in [5, 5.41) is 2.85. The molecule has 0 aromatic heterocycles. The van der Waals surface area contributed by atoms with Crippen molar-refractivity contribution in [3.05, 3.63) is 0 Å². The van der Waals surface area contributed by atoms with Crippen molar-refractivity contribution in [2.45, 2.75) is 27.2 Å². The predicted octanol–water partition coefficient (Wildman–Crippen LogP) is 1.10. The van der Waals surface area contributed by atoms with Crippen LogP contribution in [0, 0.1) is 5.41 Å². The van der Waals surface area contributed by atoms with Gasteiger partial charge in [0.1, 0.15) is 0 Å². The van der Waals surface area contributed by atoms with Gasteiger partial charge in [-0.05, 0) is 18.9 Å². The number of rotatable bonds is 4. The molecule has 0 aliphatic rings. The normalized spacial score (nSPS) is 11.5. The van der Waals surface area contributed by atoms with Gasteiger partial charge in [0.05, 0.1) is 6.54 Å². The zero-order valence-electron chi connectivity index (χ0n) is 9.48. The zero-order chi connectivity index (χ0) is 10.5. The second-order valence-electron chi connectivity index (χ2n) is 4.66. The Labute approximate surface area is 81.5 Å². The molecule has 3 heteroatoms. The van der Waals surface area contributed by atoms with Crippen molar-refractivity contribution < 1.29 is 4.79 Å². The van der Waals surface area contributed by atoms with E-state index in [2.05, 4.69) is 26.1 Å². The summed E-state index contributed by atoms with van der Waals surface area (Å²) in [5.41, 5.74) is 0.300. The molecule has 1 N–H and O–H groups in total. The maximum absolute atomic E-state index is 11.3. The van der Waals surface area contributed by atoms with E-state index in [4.69, 9.17) is 0 Å².